The zero-order valence-corrected chi connectivity index (χ0v) is 14.4. The highest BCUT2D eigenvalue weighted by Crippen LogP contribution is 2.38. The Balaban J connectivity index is 1.69. The Labute approximate surface area is 150 Å². The van der Waals surface area contributed by atoms with Crippen LogP contribution in [0.4, 0.5) is 5.69 Å². The van der Waals surface area contributed by atoms with Crippen LogP contribution in [0.2, 0.25) is 0 Å². The first kappa shape index (κ1) is 16.3. The molecule has 26 heavy (non-hydrogen) atoms. The van der Waals surface area contributed by atoms with Crippen molar-refractivity contribution in [2.24, 2.45) is 5.73 Å². The second kappa shape index (κ2) is 6.29. The van der Waals surface area contributed by atoms with Crippen LogP contribution >= 0.6 is 0 Å². The number of carbonyl (C=O) groups excluding carboxylic acids is 2. The molecule has 2 amide bonds. The van der Waals surface area contributed by atoms with Gasteiger partial charge in [0.05, 0.1) is 12.3 Å². The van der Waals surface area contributed by atoms with E-state index in [0.717, 1.165) is 16.6 Å². The van der Waals surface area contributed by atoms with Gasteiger partial charge >= 0.3 is 0 Å². The van der Waals surface area contributed by atoms with Crippen LogP contribution in [-0.2, 0) is 16.0 Å². The van der Waals surface area contributed by atoms with E-state index >= 15 is 0 Å². The average Bonchev–Trinajstić information content (AvgIpc) is 3.03. The number of primary amides is 1. The summed E-state index contributed by atoms with van der Waals surface area (Å²) in [6.45, 7) is 1.94. The number of aromatic nitrogens is 1. The topological polar surface area (TPSA) is 89.4 Å². The van der Waals surface area contributed by atoms with Crippen molar-refractivity contribution in [3.05, 3.63) is 59.8 Å². The number of rotatable bonds is 3. The fourth-order valence-electron chi connectivity index (χ4n) is 3.76. The predicted molar refractivity (Wildman–Crippen MR) is 97.7 cm³/mol. The van der Waals surface area contributed by atoms with Crippen LogP contribution in [0.1, 0.15) is 30.5 Å². The van der Waals surface area contributed by atoms with Crippen molar-refractivity contribution < 1.29 is 14.1 Å². The number of fused-ring (bicyclic) bond motifs is 2. The number of hydrogen-bond acceptors (Lipinski definition) is 4. The molecule has 1 aromatic heterocycles. The first-order chi connectivity index (χ1) is 12.6. The lowest BCUT2D eigenvalue weighted by Gasteiger charge is -2.38. The minimum Gasteiger partial charge on any atom is -0.369 e. The van der Waals surface area contributed by atoms with Gasteiger partial charge in [0.15, 0.2) is 5.58 Å². The van der Waals surface area contributed by atoms with Gasteiger partial charge in [0.1, 0.15) is 5.69 Å². The molecule has 0 fully saturated rings. The normalized spacial score (nSPS) is 19.3. The summed E-state index contributed by atoms with van der Waals surface area (Å²) >= 11 is 0. The van der Waals surface area contributed by atoms with E-state index in [4.69, 9.17) is 10.3 Å². The third kappa shape index (κ3) is 2.63. The van der Waals surface area contributed by atoms with E-state index in [0.29, 0.717) is 17.7 Å². The molecule has 1 aliphatic heterocycles. The Bertz CT molecular complexity index is 995. The summed E-state index contributed by atoms with van der Waals surface area (Å²) < 4.78 is 5.30. The molecule has 2 aromatic carbocycles. The van der Waals surface area contributed by atoms with Gasteiger partial charge in [-0.3, -0.25) is 9.59 Å². The summed E-state index contributed by atoms with van der Waals surface area (Å²) in [5.41, 5.74) is 8.40. The Kier molecular flexibility index (Phi) is 3.95. The standard InChI is InChI=1S/C20H19N3O3/c1-12-10-15(20(21)25)13-6-2-4-8-17(13)23(12)19(24)11-16-14-7-3-5-9-18(14)26-22-16/h2-9,12,15H,10-11H2,1H3,(H2,21,25)/t12-,15-/m1/s1. The smallest absolute Gasteiger partial charge is 0.233 e. The molecular formula is C20H19N3O3. The number of nitrogens with two attached hydrogens (primary N) is 1. The number of benzene rings is 2. The van der Waals surface area contributed by atoms with Crippen LogP contribution in [-0.4, -0.2) is 23.0 Å². The second-order valence-electron chi connectivity index (χ2n) is 6.66. The highest BCUT2D eigenvalue weighted by atomic mass is 16.5. The molecular weight excluding hydrogens is 330 g/mol. The maximum atomic E-state index is 13.1. The quantitative estimate of drug-likeness (QED) is 0.787. The molecule has 0 aliphatic carbocycles. The summed E-state index contributed by atoms with van der Waals surface area (Å²) in [5.74, 6) is -0.816. The minimum absolute atomic E-state index is 0.0769. The molecule has 2 N–H and O–H groups in total. The van der Waals surface area contributed by atoms with Crippen LogP contribution in [0.3, 0.4) is 0 Å². The summed E-state index contributed by atoms with van der Waals surface area (Å²) in [7, 11) is 0. The van der Waals surface area contributed by atoms with E-state index in [1.807, 2.05) is 55.5 Å². The number of hydrogen-bond donors (Lipinski definition) is 1. The van der Waals surface area contributed by atoms with Gasteiger partial charge in [0.25, 0.3) is 0 Å². The Hall–Kier alpha value is -3.15. The Morgan fingerprint density at radius 2 is 1.92 bits per heavy atom. The van der Waals surface area contributed by atoms with Gasteiger partial charge in [-0.1, -0.05) is 35.5 Å². The van der Waals surface area contributed by atoms with E-state index in [2.05, 4.69) is 5.16 Å². The number of amides is 2. The fraction of sp³-hybridized carbons (Fsp3) is 0.250. The van der Waals surface area contributed by atoms with Crippen molar-refractivity contribution in [1.29, 1.82) is 0 Å². The molecule has 2 heterocycles. The number of carbonyl (C=O) groups is 2. The lowest BCUT2D eigenvalue weighted by Crippen LogP contribution is -2.46. The molecule has 0 unspecified atom stereocenters. The summed E-state index contributed by atoms with van der Waals surface area (Å²) in [5, 5.41) is 4.90. The summed E-state index contributed by atoms with van der Waals surface area (Å²) in [6.07, 6.45) is 0.647. The first-order valence-electron chi connectivity index (χ1n) is 8.60. The third-order valence-corrected chi connectivity index (χ3v) is 4.97. The fourth-order valence-corrected chi connectivity index (χ4v) is 3.76. The van der Waals surface area contributed by atoms with Crippen molar-refractivity contribution >= 4 is 28.5 Å². The van der Waals surface area contributed by atoms with Crippen molar-refractivity contribution in [2.45, 2.75) is 31.7 Å². The van der Waals surface area contributed by atoms with Crippen LogP contribution in [0.15, 0.2) is 53.1 Å². The molecule has 0 radical (unpaired) electrons. The SMILES string of the molecule is C[C@@H]1C[C@@H](C(N)=O)c2ccccc2N1C(=O)Cc1noc2ccccc12. The van der Waals surface area contributed by atoms with E-state index < -0.39 is 0 Å². The van der Waals surface area contributed by atoms with E-state index in [-0.39, 0.29) is 30.2 Å². The van der Waals surface area contributed by atoms with Gasteiger partial charge < -0.3 is 15.2 Å². The van der Waals surface area contributed by atoms with Crippen molar-refractivity contribution in [3.63, 3.8) is 0 Å². The van der Waals surface area contributed by atoms with Gasteiger partial charge in [0.2, 0.25) is 11.8 Å². The van der Waals surface area contributed by atoms with Crippen LogP contribution in [0.5, 0.6) is 0 Å². The van der Waals surface area contributed by atoms with Gasteiger partial charge in [0, 0.05) is 17.1 Å². The molecule has 2 atom stereocenters. The average molecular weight is 349 g/mol. The minimum atomic E-state index is -0.377. The predicted octanol–water partition coefficient (Wildman–Crippen LogP) is 2.76. The Morgan fingerprint density at radius 1 is 1.19 bits per heavy atom. The van der Waals surface area contributed by atoms with Gasteiger partial charge in [-0.15, -0.1) is 0 Å². The molecule has 0 saturated heterocycles. The molecule has 0 saturated carbocycles. The maximum absolute atomic E-state index is 13.1. The second-order valence-corrected chi connectivity index (χ2v) is 6.66. The van der Waals surface area contributed by atoms with Gasteiger partial charge in [-0.05, 0) is 37.1 Å². The third-order valence-electron chi connectivity index (χ3n) is 4.97. The summed E-state index contributed by atoms with van der Waals surface area (Å²) in [4.78, 5) is 26.7. The largest absolute Gasteiger partial charge is 0.369 e. The molecule has 6 nitrogen and oxygen atoms in total. The number of anilines is 1. The van der Waals surface area contributed by atoms with Crippen molar-refractivity contribution in [1.82, 2.24) is 5.16 Å². The first-order valence-corrected chi connectivity index (χ1v) is 8.60. The number of para-hydroxylation sites is 2. The van der Waals surface area contributed by atoms with E-state index in [1.54, 1.807) is 4.90 Å². The molecule has 6 heteroatoms. The monoisotopic (exact) mass is 349 g/mol. The van der Waals surface area contributed by atoms with E-state index in [1.165, 1.54) is 0 Å². The van der Waals surface area contributed by atoms with Crippen molar-refractivity contribution in [3.8, 4) is 0 Å². The highest BCUT2D eigenvalue weighted by Gasteiger charge is 2.36. The van der Waals surface area contributed by atoms with Crippen LogP contribution < -0.4 is 10.6 Å². The molecule has 3 aromatic rings. The molecule has 4 rings (SSSR count). The van der Waals surface area contributed by atoms with Gasteiger partial charge in [-0.2, -0.15) is 0 Å². The number of nitrogens with zero attached hydrogens (tertiary/aromatic N) is 2. The molecule has 0 spiro atoms. The van der Waals surface area contributed by atoms with Crippen LogP contribution in [0, 0.1) is 0 Å². The maximum Gasteiger partial charge on any atom is 0.233 e. The zero-order chi connectivity index (χ0) is 18.3. The van der Waals surface area contributed by atoms with E-state index in [9.17, 15) is 9.59 Å². The lowest BCUT2D eigenvalue weighted by atomic mass is 9.85. The van der Waals surface area contributed by atoms with Gasteiger partial charge in [-0.25, -0.2) is 0 Å². The molecule has 1 aliphatic rings. The zero-order valence-electron chi connectivity index (χ0n) is 14.4. The summed E-state index contributed by atoms with van der Waals surface area (Å²) in [6, 6.07) is 14.8. The molecule has 0 bridgehead atoms. The van der Waals surface area contributed by atoms with Crippen LogP contribution in [0.25, 0.3) is 11.0 Å². The van der Waals surface area contributed by atoms with Crippen molar-refractivity contribution in [2.75, 3.05) is 4.90 Å². The highest BCUT2D eigenvalue weighted by molar-refractivity contribution is 5.99. The lowest BCUT2D eigenvalue weighted by molar-refractivity contribution is -0.121. The molecule has 132 valence electrons. The Morgan fingerprint density at radius 3 is 2.73 bits per heavy atom.